The molecule has 3 unspecified atom stereocenters. The van der Waals surface area contributed by atoms with Crippen LogP contribution in [0.2, 0.25) is 5.02 Å². The van der Waals surface area contributed by atoms with Gasteiger partial charge in [-0.2, -0.15) is 0 Å². The molecule has 0 amide bonds. The minimum atomic E-state index is -0.0586. The van der Waals surface area contributed by atoms with Crippen molar-refractivity contribution >= 4 is 11.6 Å². The van der Waals surface area contributed by atoms with E-state index in [4.69, 9.17) is 17.3 Å². The summed E-state index contributed by atoms with van der Waals surface area (Å²) in [5.41, 5.74) is 7.69. The van der Waals surface area contributed by atoms with Gasteiger partial charge in [-0.15, -0.1) is 0 Å². The lowest BCUT2D eigenvalue weighted by atomic mass is 9.69. The predicted octanol–water partition coefficient (Wildman–Crippen LogP) is 4.04. The van der Waals surface area contributed by atoms with Gasteiger partial charge in [-0.3, -0.25) is 0 Å². The summed E-state index contributed by atoms with van der Waals surface area (Å²) in [4.78, 5) is 0. The molecule has 2 rings (SSSR count). The van der Waals surface area contributed by atoms with Gasteiger partial charge < -0.3 is 5.73 Å². The molecule has 1 aromatic rings. The molecule has 17 heavy (non-hydrogen) atoms. The zero-order valence-corrected chi connectivity index (χ0v) is 11.5. The van der Waals surface area contributed by atoms with Gasteiger partial charge in [-0.1, -0.05) is 43.6 Å². The Morgan fingerprint density at radius 2 is 2.00 bits per heavy atom. The number of benzene rings is 1. The summed E-state index contributed by atoms with van der Waals surface area (Å²) in [7, 11) is 0. The van der Waals surface area contributed by atoms with Crippen molar-refractivity contribution in [3.8, 4) is 0 Å². The SMILES string of the molecule is CC1CCC(N)(Cc2ccccc2Cl)CC1C. The zero-order valence-electron chi connectivity index (χ0n) is 10.7. The third-order valence-electron chi connectivity index (χ3n) is 4.30. The number of hydrogen-bond donors (Lipinski definition) is 1. The van der Waals surface area contributed by atoms with Crippen molar-refractivity contribution in [3.63, 3.8) is 0 Å². The third-order valence-corrected chi connectivity index (χ3v) is 4.67. The number of rotatable bonds is 2. The van der Waals surface area contributed by atoms with Crippen LogP contribution in [0.25, 0.3) is 0 Å². The van der Waals surface area contributed by atoms with Crippen molar-refractivity contribution in [2.24, 2.45) is 17.6 Å². The average Bonchev–Trinajstić information content (AvgIpc) is 2.28. The van der Waals surface area contributed by atoms with E-state index >= 15 is 0 Å². The highest BCUT2D eigenvalue weighted by Gasteiger charge is 2.34. The Kier molecular flexibility index (Phi) is 3.79. The summed E-state index contributed by atoms with van der Waals surface area (Å²) in [6.45, 7) is 4.65. The second kappa shape index (κ2) is 4.99. The Balaban J connectivity index is 2.10. The molecule has 0 aliphatic heterocycles. The molecule has 0 heterocycles. The molecule has 0 spiro atoms. The van der Waals surface area contributed by atoms with Gasteiger partial charge in [0.1, 0.15) is 0 Å². The summed E-state index contributed by atoms with van der Waals surface area (Å²) in [5.74, 6) is 1.52. The first-order valence-corrected chi connectivity index (χ1v) is 6.90. The standard InChI is InChI=1S/C15H22ClN/c1-11-7-8-15(17,9-12(11)2)10-13-5-3-4-6-14(13)16/h3-6,11-12H,7-10,17H2,1-2H3. The second-order valence-electron chi connectivity index (χ2n) is 5.83. The van der Waals surface area contributed by atoms with Crippen LogP contribution < -0.4 is 5.73 Å². The zero-order chi connectivity index (χ0) is 12.5. The quantitative estimate of drug-likeness (QED) is 0.844. The first kappa shape index (κ1) is 12.9. The normalized spacial score (nSPS) is 33.6. The van der Waals surface area contributed by atoms with Gasteiger partial charge in [0.15, 0.2) is 0 Å². The van der Waals surface area contributed by atoms with Crippen LogP contribution in [0, 0.1) is 11.8 Å². The monoisotopic (exact) mass is 251 g/mol. The number of halogens is 1. The van der Waals surface area contributed by atoms with Gasteiger partial charge >= 0.3 is 0 Å². The van der Waals surface area contributed by atoms with E-state index < -0.39 is 0 Å². The van der Waals surface area contributed by atoms with E-state index in [1.54, 1.807) is 0 Å². The highest BCUT2D eigenvalue weighted by Crippen LogP contribution is 2.37. The van der Waals surface area contributed by atoms with Crippen LogP contribution in [0.4, 0.5) is 0 Å². The predicted molar refractivity (Wildman–Crippen MR) is 74.3 cm³/mol. The molecule has 0 aromatic heterocycles. The molecule has 94 valence electrons. The van der Waals surface area contributed by atoms with Crippen LogP contribution in [-0.4, -0.2) is 5.54 Å². The van der Waals surface area contributed by atoms with Crippen molar-refractivity contribution < 1.29 is 0 Å². The van der Waals surface area contributed by atoms with Crippen molar-refractivity contribution in [1.29, 1.82) is 0 Å². The van der Waals surface area contributed by atoms with Crippen molar-refractivity contribution in [2.75, 3.05) is 0 Å². The molecule has 1 aliphatic carbocycles. The largest absolute Gasteiger partial charge is 0.325 e. The topological polar surface area (TPSA) is 26.0 Å². The second-order valence-corrected chi connectivity index (χ2v) is 6.24. The van der Waals surface area contributed by atoms with Gasteiger partial charge in [0.05, 0.1) is 0 Å². The Morgan fingerprint density at radius 3 is 2.65 bits per heavy atom. The lowest BCUT2D eigenvalue weighted by Crippen LogP contribution is -2.47. The molecule has 1 nitrogen and oxygen atoms in total. The van der Waals surface area contributed by atoms with E-state index in [1.807, 2.05) is 18.2 Å². The summed E-state index contributed by atoms with van der Waals surface area (Å²) in [6, 6.07) is 8.06. The minimum absolute atomic E-state index is 0.0586. The Labute approximate surface area is 109 Å². The van der Waals surface area contributed by atoms with Crippen LogP contribution in [0.5, 0.6) is 0 Å². The molecule has 0 saturated heterocycles. The first-order chi connectivity index (χ1) is 8.00. The third kappa shape index (κ3) is 3.02. The van der Waals surface area contributed by atoms with Gasteiger partial charge in [-0.25, -0.2) is 0 Å². The highest BCUT2D eigenvalue weighted by atomic mass is 35.5. The maximum Gasteiger partial charge on any atom is 0.0438 e. The summed E-state index contributed by atoms with van der Waals surface area (Å²) in [5, 5.41) is 0.851. The smallest absolute Gasteiger partial charge is 0.0438 e. The summed E-state index contributed by atoms with van der Waals surface area (Å²) < 4.78 is 0. The summed E-state index contributed by atoms with van der Waals surface area (Å²) in [6.07, 6.45) is 4.37. The molecule has 0 bridgehead atoms. The van der Waals surface area contributed by atoms with Crippen LogP contribution >= 0.6 is 11.6 Å². The van der Waals surface area contributed by atoms with E-state index in [1.165, 1.54) is 12.0 Å². The molecular formula is C15H22ClN. The molecule has 3 atom stereocenters. The van der Waals surface area contributed by atoms with E-state index in [0.29, 0.717) is 0 Å². The molecule has 1 saturated carbocycles. The lowest BCUT2D eigenvalue weighted by Gasteiger charge is -2.40. The van der Waals surface area contributed by atoms with E-state index in [-0.39, 0.29) is 5.54 Å². The van der Waals surface area contributed by atoms with Crippen LogP contribution in [0.15, 0.2) is 24.3 Å². The Morgan fingerprint density at radius 1 is 1.29 bits per heavy atom. The fourth-order valence-corrected chi connectivity index (χ4v) is 3.13. The van der Waals surface area contributed by atoms with Crippen LogP contribution in [0.3, 0.4) is 0 Å². The van der Waals surface area contributed by atoms with Gasteiger partial charge in [0, 0.05) is 10.6 Å². The van der Waals surface area contributed by atoms with Crippen molar-refractivity contribution in [3.05, 3.63) is 34.9 Å². The molecule has 1 aliphatic rings. The molecule has 0 radical (unpaired) electrons. The molecule has 1 aromatic carbocycles. The maximum atomic E-state index is 6.55. The summed E-state index contributed by atoms with van der Waals surface area (Å²) >= 11 is 6.21. The Hall–Kier alpha value is -0.530. The maximum absolute atomic E-state index is 6.55. The van der Waals surface area contributed by atoms with E-state index in [0.717, 1.165) is 36.1 Å². The van der Waals surface area contributed by atoms with Crippen molar-refractivity contribution in [2.45, 2.75) is 45.1 Å². The van der Waals surface area contributed by atoms with Crippen molar-refractivity contribution in [1.82, 2.24) is 0 Å². The molecule has 2 heteroatoms. The minimum Gasteiger partial charge on any atom is -0.325 e. The fraction of sp³-hybridized carbons (Fsp3) is 0.600. The fourth-order valence-electron chi connectivity index (χ4n) is 2.93. The average molecular weight is 252 g/mol. The van der Waals surface area contributed by atoms with Crippen LogP contribution in [-0.2, 0) is 6.42 Å². The van der Waals surface area contributed by atoms with E-state index in [9.17, 15) is 0 Å². The van der Waals surface area contributed by atoms with Gasteiger partial charge in [-0.05, 0) is 49.1 Å². The van der Waals surface area contributed by atoms with Crippen LogP contribution in [0.1, 0.15) is 38.7 Å². The Bertz CT molecular complexity index is 390. The van der Waals surface area contributed by atoms with Gasteiger partial charge in [0.25, 0.3) is 0 Å². The van der Waals surface area contributed by atoms with Gasteiger partial charge in [0.2, 0.25) is 0 Å². The molecule has 2 N–H and O–H groups in total. The highest BCUT2D eigenvalue weighted by molar-refractivity contribution is 6.31. The molecular weight excluding hydrogens is 230 g/mol. The molecule has 1 fully saturated rings. The number of nitrogens with two attached hydrogens (primary N) is 1. The first-order valence-electron chi connectivity index (χ1n) is 6.52. The lowest BCUT2D eigenvalue weighted by molar-refractivity contribution is 0.176. The van der Waals surface area contributed by atoms with E-state index in [2.05, 4.69) is 19.9 Å². The number of hydrogen-bond acceptors (Lipinski definition) is 1.